The van der Waals surface area contributed by atoms with E-state index in [4.69, 9.17) is 4.43 Å². The van der Waals surface area contributed by atoms with E-state index in [-0.39, 0.29) is 24.8 Å². The first-order valence-corrected chi connectivity index (χ1v) is 12.6. The molecule has 1 atom stereocenters. The molecule has 140 valence electrons. The lowest BCUT2D eigenvalue weighted by Gasteiger charge is -2.35. The quantitative estimate of drug-likeness (QED) is 0.705. The maximum atomic E-state index is 6.09. The number of rotatable bonds is 5. The molecule has 7 heteroatoms. The summed E-state index contributed by atoms with van der Waals surface area (Å²) in [6.07, 6.45) is 0. The van der Waals surface area contributed by atoms with Crippen LogP contribution in [0, 0.1) is 0 Å². The van der Waals surface area contributed by atoms with E-state index in [0.29, 0.717) is 6.04 Å². The predicted molar refractivity (Wildman–Crippen MR) is 116 cm³/mol. The van der Waals surface area contributed by atoms with Crippen LogP contribution >= 0.6 is 36.2 Å². The Morgan fingerprint density at radius 3 is 2.20 bits per heavy atom. The van der Waals surface area contributed by atoms with Crippen LogP contribution in [-0.4, -0.2) is 39.4 Å². The summed E-state index contributed by atoms with van der Waals surface area (Å²) in [7, 11) is -1.54. The van der Waals surface area contributed by atoms with Crippen molar-refractivity contribution >= 4 is 44.5 Å². The van der Waals surface area contributed by atoms with Gasteiger partial charge in [0.25, 0.3) is 0 Å². The van der Waals surface area contributed by atoms with Crippen LogP contribution in [0.5, 0.6) is 5.75 Å². The molecule has 0 unspecified atom stereocenters. The molecule has 1 fully saturated rings. The van der Waals surface area contributed by atoms with Gasteiger partial charge in [-0.05, 0) is 48.8 Å². The number of nitrogens with one attached hydrogen (secondary N) is 1. The van der Waals surface area contributed by atoms with Crippen LogP contribution in [0.4, 0.5) is 0 Å². The van der Waals surface area contributed by atoms with Crippen LogP contribution < -0.4 is 9.74 Å². The number of benzene rings is 1. The van der Waals surface area contributed by atoms with E-state index in [1.807, 2.05) is 11.3 Å². The Balaban J connectivity index is 0.00000156. The lowest BCUT2D eigenvalue weighted by molar-refractivity contribution is 0.200. The van der Waals surface area contributed by atoms with Crippen molar-refractivity contribution in [2.45, 2.75) is 25.7 Å². The summed E-state index contributed by atoms with van der Waals surface area (Å²) < 4.78 is 6.09. The van der Waals surface area contributed by atoms with Crippen LogP contribution in [0.15, 0.2) is 41.8 Å². The van der Waals surface area contributed by atoms with Gasteiger partial charge < -0.3 is 9.74 Å². The van der Waals surface area contributed by atoms with Crippen LogP contribution in [0.3, 0.4) is 0 Å². The van der Waals surface area contributed by atoms with Gasteiger partial charge in [0.2, 0.25) is 8.32 Å². The Morgan fingerprint density at radius 1 is 1.04 bits per heavy atom. The lowest BCUT2D eigenvalue weighted by atomic mass is 10.0. The van der Waals surface area contributed by atoms with Gasteiger partial charge in [0.1, 0.15) is 5.75 Å². The maximum Gasteiger partial charge on any atom is 0.242 e. The average Bonchev–Trinajstić information content (AvgIpc) is 3.03. The fraction of sp³-hybridized carbons (Fsp3) is 0.444. The highest BCUT2D eigenvalue weighted by Gasteiger charge is 2.25. The number of thiophene rings is 1. The first-order valence-electron chi connectivity index (χ1n) is 8.30. The molecule has 1 aliphatic rings. The van der Waals surface area contributed by atoms with Crippen molar-refractivity contribution in [3.63, 3.8) is 0 Å². The second-order valence-electron chi connectivity index (χ2n) is 6.99. The molecule has 1 aromatic heterocycles. The zero-order valence-electron chi connectivity index (χ0n) is 15.0. The number of nitrogens with zero attached hydrogens (tertiary/aromatic N) is 1. The van der Waals surface area contributed by atoms with Crippen LogP contribution in [0.25, 0.3) is 0 Å². The molecule has 25 heavy (non-hydrogen) atoms. The van der Waals surface area contributed by atoms with Crippen LogP contribution in [-0.2, 0) is 0 Å². The van der Waals surface area contributed by atoms with E-state index in [1.165, 1.54) is 10.4 Å². The molecule has 3 nitrogen and oxygen atoms in total. The van der Waals surface area contributed by atoms with Gasteiger partial charge in [0, 0.05) is 31.1 Å². The summed E-state index contributed by atoms with van der Waals surface area (Å²) in [6.45, 7) is 11.0. The highest BCUT2D eigenvalue weighted by molar-refractivity contribution is 7.10. The molecule has 1 aromatic carbocycles. The molecule has 0 spiro atoms. The Hall–Kier alpha value is -0.563. The molecule has 0 aliphatic carbocycles. The first-order chi connectivity index (χ1) is 11.0. The summed E-state index contributed by atoms with van der Waals surface area (Å²) in [5.74, 6) is 0.998. The highest BCUT2D eigenvalue weighted by Crippen LogP contribution is 2.33. The van der Waals surface area contributed by atoms with Crippen LogP contribution in [0.2, 0.25) is 19.6 Å². The van der Waals surface area contributed by atoms with Crippen molar-refractivity contribution in [2.24, 2.45) is 0 Å². The highest BCUT2D eigenvalue weighted by atomic mass is 35.5. The molecule has 1 N–H and O–H groups in total. The Bertz CT molecular complexity index is 611. The lowest BCUT2D eigenvalue weighted by Crippen LogP contribution is -2.45. The largest absolute Gasteiger partial charge is 0.544 e. The minimum absolute atomic E-state index is 0. The maximum absolute atomic E-state index is 6.09. The summed E-state index contributed by atoms with van der Waals surface area (Å²) in [6, 6.07) is 13.5. The summed E-state index contributed by atoms with van der Waals surface area (Å²) in [5.41, 5.74) is 1.36. The molecular weight excluding hydrogens is 391 g/mol. The third-order valence-corrected chi connectivity index (χ3v) is 5.72. The van der Waals surface area contributed by atoms with Crippen LogP contribution in [0.1, 0.15) is 16.5 Å². The zero-order chi connectivity index (χ0) is 16.3. The van der Waals surface area contributed by atoms with E-state index in [0.717, 1.165) is 31.9 Å². The average molecular weight is 419 g/mol. The van der Waals surface area contributed by atoms with Gasteiger partial charge in [-0.3, -0.25) is 4.90 Å². The standard InChI is InChI=1S/C18H26N2OSSi.2ClH/c1-23(2,3)21-16-8-6-15(7-9-16)18(17-5-4-14-22-17)20-12-10-19-11-13-20;;/h4-9,14,18-19H,10-13H2,1-3H3;2*1H/t18-;;/m1../s1. The van der Waals surface area contributed by atoms with E-state index >= 15 is 0 Å². The van der Waals surface area contributed by atoms with E-state index in [9.17, 15) is 0 Å². The van der Waals surface area contributed by atoms with Crippen molar-refractivity contribution in [1.82, 2.24) is 10.2 Å². The molecule has 0 bridgehead atoms. The van der Waals surface area contributed by atoms with E-state index in [2.05, 4.69) is 71.6 Å². The Labute approximate surface area is 168 Å². The Morgan fingerprint density at radius 2 is 1.68 bits per heavy atom. The van der Waals surface area contributed by atoms with E-state index < -0.39 is 8.32 Å². The van der Waals surface area contributed by atoms with Crippen molar-refractivity contribution in [2.75, 3.05) is 26.2 Å². The first kappa shape index (κ1) is 22.5. The second-order valence-corrected chi connectivity index (χ2v) is 12.4. The SMILES string of the molecule is C[Si](C)(C)Oc1ccc([C@H](c2cccs2)N2CCNCC2)cc1.Cl.Cl. The number of hydrogen-bond donors (Lipinski definition) is 1. The molecule has 1 saturated heterocycles. The van der Waals surface area contributed by atoms with Gasteiger partial charge in [-0.2, -0.15) is 0 Å². The minimum Gasteiger partial charge on any atom is -0.544 e. The van der Waals surface area contributed by atoms with Crippen molar-refractivity contribution in [1.29, 1.82) is 0 Å². The summed E-state index contributed by atoms with van der Waals surface area (Å²) >= 11 is 1.85. The van der Waals surface area contributed by atoms with Gasteiger partial charge in [-0.1, -0.05) is 18.2 Å². The topological polar surface area (TPSA) is 24.5 Å². The van der Waals surface area contributed by atoms with Gasteiger partial charge in [0.05, 0.1) is 6.04 Å². The zero-order valence-corrected chi connectivity index (χ0v) is 18.5. The number of piperazine rings is 1. The van der Waals surface area contributed by atoms with Gasteiger partial charge in [0.15, 0.2) is 0 Å². The monoisotopic (exact) mass is 418 g/mol. The number of hydrogen-bond acceptors (Lipinski definition) is 4. The summed E-state index contributed by atoms with van der Waals surface area (Å²) in [5, 5.41) is 5.62. The fourth-order valence-corrected chi connectivity index (χ4v) is 4.74. The third kappa shape index (κ3) is 6.27. The van der Waals surface area contributed by atoms with Crippen molar-refractivity contribution in [3.05, 3.63) is 52.2 Å². The molecular formula is C18H28Cl2N2OSSi. The summed E-state index contributed by atoms with van der Waals surface area (Å²) in [4.78, 5) is 4.00. The van der Waals surface area contributed by atoms with Gasteiger partial charge in [-0.15, -0.1) is 36.2 Å². The van der Waals surface area contributed by atoms with Gasteiger partial charge >= 0.3 is 0 Å². The van der Waals surface area contributed by atoms with Crippen molar-refractivity contribution < 1.29 is 4.43 Å². The van der Waals surface area contributed by atoms with E-state index in [1.54, 1.807) is 0 Å². The molecule has 2 aromatic rings. The molecule has 1 aliphatic heterocycles. The van der Waals surface area contributed by atoms with Gasteiger partial charge in [-0.25, -0.2) is 0 Å². The minimum atomic E-state index is -1.54. The predicted octanol–water partition coefficient (Wildman–Crippen LogP) is 4.80. The molecule has 0 amide bonds. The molecule has 0 saturated carbocycles. The fourth-order valence-electron chi connectivity index (χ4n) is 3.01. The number of halogens is 2. The normalized spacial score (nSPS) is 16.4. The smallest absolute Gasteiger partial charge is 0.242 e. The third-order valence-electron chi connectivity index (χ3n) is 3.95. The molecule has 2 heterocycles. The second kappa shape index (κ2) is 9.95. The van der Waals surface area contributed by atoms with Crippen molar-refractivity contribution in [3.8, 4) is 5.75 Å². The molecule has 3 rings (SSSR count). The Kier molecular flexibility index (Phi) is 8.95. The molecule has 0 radical (unpaired) electrons.